The lowest BCUT2D eigenvalue weighted by Gasteiger charge is -2.35. The molecule has 0 amide bonds. The summed E-state index contributed by atoms with van der Waals surface area (Å²) in [7, 11) is 0. The molecule has 0 radical (unpaired) electrons. The molecule has 0 saturated carbocycles. The van der Waals surface area contributed by atoms with Gasteiger partial charge in [0.1, 0.15) is 5.82 Å². The maximum absolute atomic E-state index is 12.7. The molecule has 1 aromatic carbocycles. The predicted octanol–water partition coefficient (Wildman–Crippen LogP) is 3.77. The number of aromatic nitrogens is 1. The van der Waals surface area contributed by atoms with Crippen molar-refractivity contribution in [2.45, 2.75) is 12.7 Å². The van der Waals surface area contributed by atoms with Crippen LogP contribution in [0.3, 0.4) is 0 Å². The fourth-order valence-corrected chi connectivity index (χ4v) is 3.28. The Balaban J connectivity index is 1.62. The molecule has 5 nitrogen and oxygen atoms in total. The van der Waals surface area contributed by atoms with Gasteiger partial charge in [-0.1, -0.05) is 23.7 Å². The molecule has 0 bridgehead atoms. The molecule has 1 aliphatic heterocycles. The molecule has 1 saturated heterocycles. The Morgan fingerprint density at radius 2 is 1.89 bits per heavy atom. The lowest BCUT2D eigenvalue weighted by molar-refractivity contribution is -0.137. The van der Waals surface area contributed by atoms with Crippen molar-refractivity contribution >= 4 is 23.4 Å². The van der Waals surface area contributed by atoms with Crippen LogP contribution in [-0.4, -0.2) is 47.1 Å². The lowest BCUT2D eigenvalue weighted by atomic mass is 10.1. The largest absolute Gasteiger partial charge is 0.478 e. The molecule has 27 heavy (non-hydrogen) atoms. The number of alkyl halides is 3. The SMILES string of the molecule is O=C(O)c1cccc(CN2CCN(c3ncc(C(F)(F)F)cc3Cl)CC2)c1. The average Bonchev–Trinajstić information content (AvgIpc) is 2.62. The molecule has 0 spiro atoms. The standard InChI is InChI=1S/C18H17ClF3N3O2/c19-15-9-14(18(20,21)22)10-23-16(15)25-6-4-24(5-7-25)11-12-2-1-3-13(8-12)17(26)27/h1-3,8-10H,4-7,11H2,(H,26,27). The van der Waals surface area contributed by atoms with E-state index in [4.69, 9.17) is 16.7 Å². The number of carbonyl (C=O) groups is 1. The summed E-state index contributed by atoms with van der Waals surface area (Å²) in [4.78, 5) is 19.0. The fourth-order valence-electron chi connectivity index (χ4n) is 3.00. The van der Waals surface area contributed by atoms with Crippen LogP contribution in [0.25, 0.3) is 0 Å². The minimum absolute atomic E-state index is 0.0209. The molecule has 2 heterocycles. The molecular weight excluding hydrogens is 383 g/mol. The highest BCUT2D eigenvalue weighted by molar-refractivity contribution is 6.33. The summed E-state index contributed by atoms with van der Waals surface area (Å²) < 4.78 is 38.2. The Morgan fingerprint density at radius 1 is 1.19 bits per heavy atom. The number of carboxylic acid groups (broad SMARTS) is 1. The summed E-state index contributed by atoms with van der Waals surface area (Å²) >= 11 is 6.01. The number of benzene rings is 1. The molecule has 144 valence electrons. The van der Waals surface area contributed by atoms with Gasteiger partial charge in [-0.3, -0.25) is 4.90 Å². The van der Waals surface area contributed by atoms with Crippen molar-refractivity contribution in [3.05, 3.63) is 58.2 Å². The molecule has 3 rings (SSSR count). The van der Waals surface area contributed by atoms with Crippen molar-refractivity contribution in [2.75, 3.05) is 31.1 Å². The number of carboxylic acids is 1. The highest BCUT2D eigenvalue weighted by Crippen LogP contribution is 2.33. The second-order valence-corrected chi connectivity index (χ2v) is 6.70. The summed E-state index contributed by atoms with van der Waals surface area (Å²) in [6, 6.07) is 7.66. The smallest absolute Gasteiger partial charge is 0.417 e. The Labute approximate surface area is 159 Å². The van der Waals surface area contributed by atoms with Gasteiger partial charge in [-0.25, -0.2) is 9.78 Å². The minimum atomic E-state index is -4.47. The Hall–Kier alpha value is -2.32. The summed E-state index contributed by atoms with van der Waals surface area (Å²) in [5.74, 6) is -0.623. The van der Waals surface area contributed by atoms with Crippen LogP contribution >= 0.6 is 11.6 Å². The highest BCUT2D eigenvalue weighted by atomic mass is 35.5. The van der Waals surface area contributed by atoms with E-state index in [-0.39, 0.29) is 10.6 Å². The number of pyridine rings is 1. The summed E-state index contributed by atoms with van der Waals surface area (Å²) in [6.07, 6.45) is -3.68. The molecule has 2 aromatic rings. The number of anilines is 1. The molecule has 1 N–H and O–H groups in total. The van der Waals surface area contributed by atoms with E-state index in [1.165, 1.54) is 0 Å². The van der Waals surface area contributed by atoms with Gasteiger partial charge in [0, 0.05) is 38.9 Å². The molecule has 9 heteroatoms. The van der Waals surface area contributed by atoms with E-state index >= 15 is 0 Å². The van der Waals surface area contributed by atoms with E-state index in [1.807, 2.05) is 11.0 Å². The van der Waals surface area contributed by atoms with Crippen LogP contribution < -0.4 is 4.90 Å². The van der Waals surface area contributed by atoms with Crippen molar-refractivity contribution in [2.24, 2.45) is 0 Å². The third kappa shape index (κ3) is 4.70. The van der Waals surface area contributed by atoms with Crippen LogP contribution in [0.5, 0.6) is 0 Å². The first-order valence-corrected chi connectivity index (χ1v) is 8.64. The van der Waals surface area contributed by atoms with E-state index in [0.717, 1.165) is 17.8 Å². The van der Waals surface area contributed by atoms with Gasteiger partial charge in [0.15, 0.2) is 0 Å². The zero-order valence-electron chi connectivity index (χ0n) is 14.2. The molecule has 1 aliphatic rings. The van der Waals surface area contributed by atoms with E-state index in [0.29, 0.717) is 38.5 Å². The third-order valence-electron chi connectivity index (χ3n) is 4.40. The highest BCUT2D eigenvalue weighted by Gasteiger charge is 2.32. The first kappa shape index (κ1) is 19.4. The topological polar surface area (TPSA) is 56.7 Å². The van der Waals surface area contributed by atoms with Gasteiger partial charge < -0.3 is 10.0 Å². The van der Waals surface area contributed by atoms with E-state index in [1.54, 1.807) is 18.2 Å². The number of piperazine rings is 1. The van der Waals surface area contributed by atoms with Crippen molar-refractivity contribution in [3.8, 4) is 0 Å². The second-order valence-electron chi connectivity index (χ2n) is 6.30. The Morgan fingerprint density at radius 3 is 2.48 bits per heavy atom. The molecule has 0 unspecified atom stereocenters. The number of halogens is 4. The van der Waals surface area contributed by atoms with Crippen LogP contribution in [0, 0.1) is 0 Å². The maximum Gasteiger partial charge on any atom is 0.417 e. The van der Waals surface area contributed by atoms with Crippen molar-refractivity contribution in [1.82, 2.24) is 9.88 Å². The first-order valence-electron chi connectivity index (χ1n) is 8.26. The number of hydrogen-bond donors (Lipinski definition) is 1. The average molecular weight is 400 g/mol. The summed E-state index contributed by atoms with van der Waals surface area (Å²) in [6.45, 7) is 3.06. The maximum atomic E-state index is 12.7. The number of rotatable bonds is 4. The summed E-state index contributed by atoms with van der Waals surface area (Å²) in [5, 5.41) is 9.04. The quantitative estimate of drug-likeness (QED) is 0.848. The van der Waals surface area contributed by atoms with E-state index in [9.17, 15) is 18.0 Å². The molecule has 1 fully saturated rings. The minimum Gasteiger partial charge on any atom is -0.478 e. The van der Waals surface area contributed by atoms with Crippen LogP contribution in [0.15, 0.2) is 36.5 Å². The van der Waals surface area contributed by atoms with Crippen LogP contribution in [0.4, 0.5) is 19.0 Å². The molecule has 0 atom stereocenters. The zero-order valence-corrected chi connectivity index (χ0v) is 15.0. The summed E-state index contributed by atoms with van der Waals surface area (Å²) in [5.41, 5.74) is 0.272. The number of hydrogen-bond acceptors (Lipinski definition) is 4. The normalized spacial score (nSPS) is 15.8. The first-order chi connectivity index (χ1) is 12.7. The molecule has 1 aromatic heterocycles. The number of aromatic carboxylic acids is 1. The van der Waals surface area contributed by atoms with Crippen molar-refractivity contribution in [1.29, 1.82) is 0 Å². The van der Waals surface area contributed by atoms with E-state index < -0.39 is 17.7 Å². The van der Waals surface area contributed by atoms with Gasteiger partial charge >= 0.3 is 12.1 Å². The second kappa shape index (κ2) is 7.74. The van der Waals surface area contributed by atoms with Gasteiger partial charge in [0.25, 0.3) is 0 Å². The van der Waals surface area contributed by atoms with Crippen LogP contribution in [0.2, 0.25) is 5.02 Å². The number of nitrogens with zero attached hydrogens (tertiary/aromatic N) is 3. The monoisotopic (exact) mass is 399 g/mol. The van der Waals surface area contributed by atoms with Crippen molar-refractivity contribution in [3.63, 3.8) is 0 Å². The van der Waals surface area contributed by atoms with Gasteiger partial charge in [-0.15, -0.1) is 0 Å². The van der Waals surface area contributed by atoms with Gasteiger partial charge in [0.2, 0.25) is 0 Å². The fraction of sp³-hybridized carbons (Fsp3) is 0.333. The van der Waals surface area contributed by atoms with Gasteiger partial charge in [0.05, 0.1) is 16.1 Å². The Bertz CT molecular complexity index is 837. The zero-order chi connectivity index (χ0) is 19.6. The van der Waals surface area contributed by atoms with Gasteiger partial charge in [-0.05, 0) is 23.8 Å². The lowest BCUT2D eigenvalue weighted by Crippen LogP contribution is -2.46. The van der Waals surface area contributed by atoms with E-state index in [2.05, 4.69) is 9.88 Å². The van der Waals surface area contributed by atoms with Gasteiger partial charge in [-0.2, -0.15) is 13.2 Å². The predicted molar refractivity (Wildman–Crippen MR) is 95.1 cm³/mol. The van der Waals surface area contributed by atoms with Crippen molar-refractivity contribution < 1.29 is 23.1 Å². The van der Waals surface area contributed by atoms with Crippen LogP contribution in [0.1, 0.15) is 21.5 Å². The van der Waals surface area contributed by atoms with Crippen LogP contribution in [-0.2, 0) is 12.7 Å². The Kier molecular flexibility index (Phi) is 5.57. The molecular formula is C18H17ClF3N3O2. The third-order valence-corrected chi connectivity index (χ3v) is 4.68. The molecule has 0 aliphatic carbocycles.